The summed E-state index contributed by atoms with van der Waals surface area (Å²) in [5, 5.41) is 0.716. The molecule has 2 aromatic heterocycles. The van der Waals surface area contributed by atoms with Crippen LogP contribution in [-0.4, -0.2) is 30.9 Å². The van der Waals surface area contributed by atoms with Crippen LogP contribution in [0.4, 0.5) is 0 Å². The number of hydrazine groups is 1. The molecule has 0 aliphatic heterocycles. The van der Waals surface area contributed by atoms with Gasteiger partial charge in [-0.05, 0) is 56.7 Å². The molecule has 0 aliphatic carbocycles. The van der Waals surface area contributed by atoms with Gasteiger partial charge < -0.3 is 0 Å². The van der Waals surface area contributed by atoms with Crippen LogP contribution in [0, 0.1) is 13.8 Å². The summed E-state index contributed by atoms with van der Waals surface area (Å²) in [7, 11) is 0. The van der Waals surface area contributed by atoms with E-state index >= 15 is 0 Å². The molecule has 0 fully saturated rings. The lowest BCUT2D eigenvalue weighted by Gasteiger charge is -2.09. The molecule has 4 rings (SSSR count). The van der Waals surface area contributed by atoms with Crippen molar-refractivity contribution < 1.29 is 9.59 Å². The average Bonchev–Trinajstić information content (AvgIpc) is 3.11. The van der Waals surface area contributed by atoms with Gasteiger partial charge in [0.25, 0.3) is 11.8 Å². The number of hydrogen-bond acceptors (Lipinski definition) is 6. The van der Waals surface area contributed by atoms with Gasteiger partial charge in [-0.15, -0.1) is 0 Å². The highest BCUT2D eigenvalue weighted by Gasteiger charge is 2.15. The lowest BCUT2D eigenvalue weighted by molar-refractivity contribution is -0.122. The maximum Gasteiger partial charge on any atom is 0.329 e. The van der Waals surface area contributed by atoms with E-state index in [1.54, 1.807) is 22.8 Å². The third kappa shape index (κ3) is 5.60. The van der Waals surface area contributed by atoms with Crippen molar-refractivity contribution in [1.29, 1.82) is 0 Å². The van der Waals surface area contributed by atoms with Crippen LogP contribution in [0.15, 0.2) is 64.5 Å². The molecule has 9 nitrogen and oxygen atoms in total. The van der Waals surface area contributed by atoms with Crippen LogP contribution in [0.3, 0.4) is 0 Å². The molecular weight excluding hydrogens is 464 g/mol. The number of nitrogens with one attached hydrogen (secondary N) is 2. The molecule has 0 saturated carbocycles. The number of thioether (sulfide) groups is 1. The van der Waals surface area contributed by atoms with Gasteiger partial charge in [0, 0.05) is 29.2 Å². The molecule has 0 unspecified atom stereocenters. The highest BCUT2D eigenvalue weighted by atomic mass is 32.2. The van der Waals surface area contributed by atoms with Crippen molar-refractivity contribution in [3.63, 3.8) is 0 Å². The second kappa shape index (κ2) is 10.6. The Kier molecular flexibility index (Phi) is 7.31. The first-order valence-corrected chi connectivity index (χ1v) is 12.2. The van der Waals surface area contributed by atoms with Gasteiger partial charge in [-0.1, -0.05) is 36.0 Å². The Morgan fingerprint density at radius 1 is 0.914 bits per heavy atom. The summed E-state index contributed by atoms with van der Waals surface area (Å²) in [6.07, 6.45) is 0. The Morgan fingerprint density at radius 2 is 1.54 bits per heavy atom. The minimum atomic E-state index is -0.499. The van der Waals surface area contributed by atoms with E-state index in [4.69, 9.17) is 0 Å². The van der Waals surface area contributed by atoms with E-state index in [9.17, 15) is 14.4 Å². The molecule has 0 atom stereocenters. The normalized spacial score (nSPS) is 10.9. The van der Waals surface area contributed by atoms with Gasteiger partial charge in [-0.3, -0.25) is 29.6 Å². The number of amides is 2. The number of imidazole rings is 1. The van der Waals surface area contributed by atoms with E-state index in [0.717, 1.165) is 22.5 Å². The number of aromatic nitrogens is 4. The molecule has 0 saturated heterocycles. The Morgan fingerprint density at radius 3 is 2.17 bits per heavy atom. The zero-order valence-corrected chi connectivity index (χ0v) is 20.6. The van der Waals surface area contributed by atoms with Crippen molar-refractivity contribution in [3.05, 3.63) is 87.6 Å². The summed E-state index contributed by atoms with van der Waals surface area (Å²) in [5.74, 6) is -0.277. The molecule has 180 valence electrons. The monoisotopic (exact) mass is 490 g/mol. The van der Waals surface area contributed by atoms with Crippen LogP contribution >= 0.6 is 11.8 Å². The summed E-state index contributed by atoms with van der Waals surface area (Å²) in [6.45, 7) is 6.04. The number of aryl methyl sites for hydroxylation is 3. The molecule has 2 amide bonds. The molecular formula is C25H26N6O3S. The first-order valence-electron chi connectivity index (χ1n) is 11.2. The number of nitrogens with zero attached hydrogens (tertiary/aromatic N) is 4. The maximum atomic E-state index is 12.7. The van der Waals surface area contributed by atoms with Crippen molar-refractivity contribution in [2.24, 2.45) is 0 Å². The van der Waals surface area contributed by atoms with E-state index in [2.05, 4.69) is 20.8 Å². The van der Waals surface area contributed by atoms with Gasteiger partial charge in [0.2, 0.25) is 0 Å². The van der Waals surface area contributed by atoms with Gasteiger partial charge >= 0.3 is 5.69 Å². The summed E-state index contributed by atoms with van der Waals surface area (Å²) in [5.41, 5.74) is 9.24. The Balaban J connectivity index is 1.33. The van der Waals surface area contributed by atoms with E-state index in [1.807, 2.05) is 57.2 Å². The van der Waals surface area contributed by atoms with E-state index < -0.39 is 11.8 Å². The van der Waals surface area contributed by atoms with Crippen LogP contribution in [-0.2, 0) is 23.6 Å². The fourth-order valence-corrected chi connectivity index (χ4v) is 4.68. The quantitative estimate of drug-likeness (QED) is 0.234. The van der Waals surface area contributed by atoms with Crippen molar-refractivity contribution >= 4 is 34.6 Å². The van der Waals surface area contributed by atoms with Gasteiger partial charge in [-0.2, -0.15) is 0 Å². The molecule has 2 aromatic carbocycles. The molecule has 0 spiro atoms. The highest BCUT2D eigenvalue weighted by molar-refractivity contribution is 7.98. The number of fused-ring (bicyclic) bond motifs is 1. The smallest absolute Gasteiger partial charge is 0.292 e. The standard InChI is InChI=1S/C25H26N6O3S/c1-4-30-20-7-5-6-8-21(20)31(25(30)34)14-22(32)28-29-23(33)19-11-9-18(10-12-19)15-35-24-26-16(2)13-17(3)27-24/h5-13H,4,14-15H2,1-3H3,(H,28,32)(H,29,33). The molecule has 35 heavy (non-hydrogen) atoms. The first-order chi connectivity index (χ1) is 16.9. The van der Waals surface area contributed by atoms with Crippen molar-refractivity contribution in [1.82, 2.24) is 30.0 Å². The zero-order valence-electron chi connectivity index (χ0n) is 19.7. The Bertz CT molecular complexity index is 1420. The van der Waals surface area contributed by atoms with Crippen LogP contribution < -0.4 is 16.5 Å². The molecule has 0 bridgehead atoms. The van der Waals surface area contributed by atoms with Gasteiger partial charge in [0.15, 0.2) is 5.16 Å². The van der Waals surface area contributed by atoms with E-state index in [0.29, 0.717) is 28.5 Å². The molecule has 0 radical (unpaired) electrons. The summed E-state index contributed by atoms with van der Waals surface area (Å²) < 4.78 is 3.00. The third-order valence-corrected chi connectivity index (χ3v) is 6.32. The highest BCUT2D eigenvalue weighted by Crippen LogP contribution is 2.20. The number of para-hydroxylation sites is 2. The van der Waals surface area contributed by atoms with Crippen LogP contribution in [0.2, 0.25) is 0 Å². The van der Waals surface area contributed by atoms with Crippen molar-refractivity contribution in [3.8, 4) is 0 Å². The van der Waals surface area contributed by atoms with Gasteiger partial charge in [-0.25, -0.2) is 14.8 Å². The lowest BCUT2D eigenvalue weighted by Crippen LogP contribution is -2.44. The maximum absolute atomic E-state index is 12.7. The number of benzene rings is 2. The Labute approximate surface area is 206 Å². The van der Waals surface area contributed by atoms with E-state index in [1.165, 1.54) is 16.3 Å². The third-order valence-electron chi connectivity index (χ3n) is 5.40. The van der Waals surface area contributed by atoms with E-state index in [-0.39, 0.29) is 12.2 Å². The lowest BCUT2D eigenvalue weighted by atomic mass is 10.1. The second-order valence-corrected chi connectivity index (χ2v) is 8.97. The van der Waals surface area contributed by atoms with Crippen LogP contribution in [0.1, 0.15) is 34.2 Å². The van der Waals surface area contributed by atoms with Crippen LogP contribution in [0.5, 0.6) is 0 Å². The molecule has 4 aromatic rings. The number of carbonyl (C=O) groups excluding carboxylic acids is 2. The summed E-state index contributed by atoms with van der Waals surface area (Å²) >= 11 is 1.53. The van der Waals surface area contributed by atoms with Crippen LogP contribution in [0.25, 0.3) is 11.0 Å². The number of rotatable bonds is 7. The fourth-order valence-electron chi connectivity index (χ4n) is 3.77. The molecule has 2 N–H and O–H groups in total. The zero-order chi connectivity index (χ0) is 24.9. The Hall–Kier alpha value is -3.92. The number of hydrogen-bond donors (Lipinski definition) is 2. The predicted octanol–water partition coefficient (Wildman–Crippen LogP) is 2.98. The topological polar surface area (TPSA) is 111 Å². The first kappa shape index (κ1) is 24.2. The SMILES string of the molecule is CCn1c(=O)n(CC(=O)NNC(=O)c2ccc(CSc3nc(C)cc(C)n3)cc2)c2ccccc21. The molecule has 0 aliphatic rings. The van der Waals surface area contributed by atoms with Crippen molar-refractivity contribution in [2.75, 3.05) is 0 Å². The second-order valence-electron chi connectivity index (χ2n) is 8.02. The molecule has 10 heteroatoms. The molecule has 2 heterocycles. The predicted molar refractivity (Wildman–Crippen MR) is 135 cm³/mol. The summed E-state index contributed by atoms with van der Waals surface area (Å²) in [6, 6.07) is 16.3. The minimum Gasteiger partial charge on any atom is -0.292 e. The van der Waals surface area contributed by atoms with Gasteiger partial charge in [0.05, 0.1) is 11.0 Å². The largest absolute Gasteiger partial charge is 0.329 e. The number of carbonyl (C=O) groups is 2. The van der Waals surface area contributed by atoms with Crippen molar-refractivity contribution in [2.45, 2.75) is 44.8 Å². The fraction of sp³-hybridized carbons (Fsp3) is 0.240. The summed E-state index contributed by atoms with van der Waals surface area (Å²) in [4.78, 5) is 46.4. The minimum absolute atomic E-state index is 0.205. The average molecular weight is 491 g/mol. The van der Waals surface area contributed by atoms with Gasteiger partial charge in [0.1, 0.15) is 6.54 Å².